The van der Waals surface area contributed by atoms with Crippen LogP contribution in [0.15, 0.2) is 5.38 Å². The molecule has 1 atom stereocenters. The van der Waals surface area contributed by atoms with Crippen LogP contribution in [-0.4, -0.2) is 66.2 Å². The molecule has 7 heteroatoms. The Balaban J connectivity index is 1.37. The zero-order chi connectivity index (χ0) is 15.4. The Morgan fingerprint density at radius 2 is 2.27 bits per heavy atom. The number of carbonyl (C=O) groups is 1. The van der Waals surface area contributed by atoms with Gasteiger partial charge in [0, 0.05) is 50.4 Å². The van der Waals surface area contributed by atoms with Gasteiger partial charge in [-0.05, 0) is 19.8 Å². The van der Waals surface area contributed by atoms with Gasteiger partial charge in [0.15, 0.2) is 0 Å². The number of aromatic nitrogens is 1. The smallest absolute Gasteiger partial charge is 0.317 e. The van der Waals surface area contributed by atoms with Crippen LogP contribution in [0.3, 0.4) is 0 Å². The molecule has 0 bridgehead atoms. The summed E-state index contributed by atoms with van der Waals surface area (Å²) in [4.78, 5) is 20.8. The predicted octanol–water partition coefficient (Wildman–Crippen LogP) is 1.46. The zero-order valence-electron chi connectivity index (χ0n) is 13.1. The monoisotopic (exact) mass is 324 g/mol. The molecule has 1 aromatic heterocycles. The molecular formula is C15H24N4O2S. The normalized spacial score (nSPS) is 23.0. The fraction of sp³-hybridized carbons (Fsp3) is 0.733. The topological polar surface area (TPSA) is 57.7 Å². The Kier molecular flexibility index (Phi) is 5.28. The van der Waals surface area contributed by atoms with Crippen molar-refractivity contribution in [1.82, 2.24) is 20.1 Å². The van der Waals surface area contributed by atoms with Crippen molar-refractivity contribution in [2.24, 2.45) is 0 Å². The van der Waals surface area contributed by atoms with Gasteiger partial charge in [-0.2, -0.15) is 0 Å². The molecule has 22 heavy (non-hydrogen) atoms. The number of aryl methyl sites for hydroxylation is 1. The molecule has 2 aliphatic rings. The van der Waals surface area contributed by atoms with Crippen molar-refractivity contribution in [3.8, 4) is 0 Å². The van der Waals surface area contributed by atoms with Crippen molar-refractivity contribution in [1.29, 1.82) is 0 Å². The number of nitrogens with one attached hydrogen (secondary N) is 1. The molecule has 3 heterocycles. The van der Waals surface area contributed by atoms with Gasteiger partial charge >= 0.3 is 6.03 Å². The van der Waals surface area contributed by atoms with Gasteiger partial charge in [-0.1, -0.05) is 0 Å². The highest BCUT2D eigenvalue weighted by Gasteiger charge is 2.24. The third-order valence-electron chi connectivity index (χ3n) is 4.20. The molecule has 0 unspecified atom stereocenters. The Bertz CT molecular complexity index is 493. The second kappa shape index (κ2) is 7.39. The first kappa shape index (κ1) is 15.7. The highest BCUT2D eigenvalue weighted by atomic mass is 32.1. The van der Waals surface area contributed by atoms with Crippen molar-refractivity contribution in [2.45, 2.75) is 32.4 Å². The molecule has 0 radical (unpaired) electrons. The molecule has 2 amide bonds. The third kappa shape index (κ3) is 4.18. The van der Waals surface area contributed by atoms with Crippen LogP contribution in [0, 0.1) is 6.92 Å². The lowest BCUT2D eigenvalue weighted by Crippen LogP contribution is -2.52. The lowest BCUT2D eigenvalue weighted by molar-refractivity contribution is 0.0561. The van der Waals surface area contributed by atoms with Gasteiger partial charge in [0.25, 0.3) is 0 Å². The van der Waals surface area contributed by atoms with Crippen LogP contribution in [0.5, 0.6) is 0 Å². The molecule has 0 spiro atoms. The van der Waals surface area contributed by atoms with Crippen LogP contribution < -0.4 is 5.32 Å². The molecule has 1 N–H and O–H groups in total. The first-order valence-corrected chi connectivity index (χ1v) is 8.86. The van der Waals surface area contributed by atoms with E-state index in [9.17, 15) is 4.79 Å². The van der Waals surface area contributed by atoms with E-state index in [1.807, 2.05) is 17.2 Å². The number of piperazine rings is 1. The van der Waals surface area contributed by atoms with Crippen molar-refractivity contribution in [3.63, 3.8) is 0 Å². The summed E-state index contributed by atoms with van der Waals surface area (Å²) in [5.41, 5.74) is 1.01. The molecule has 0 aliphatic carbocycles. The molecule has 2 saturated heterocycles. The van der Waals surface area contributed by atoms with Gasteiger partial charge in [-0.25, -0.2) is 9.78 Å². The van der Waals surface area contributed by atoms with E-state index in [1.165, 1.54) is 12.8 Å². The lowest BCUT2D eigenvalue weighted by Gasteiger charge is -2.35. The largest absolute Gasteiger partial charge is 0.377 e. The number of rotatable bonds is 4. The van der Waals surface area contributed by atoms with Gasteiger partial charge in [0.2, 0.25) is 0 Å². The van der Waals surface area contributed by atoms with Crippen molar-refractivity contribution in [2.75, 3.05) is 39.3 Å². The zero-order valence-corrected chi connectivity index (χ0v) is 13.9. The number of hydrogen-bond donors (Lipinski definition) is 1. The first-order valence-electron chi connectivity index (χ1n) is 7.98. The van der Waals surface area contributed by atoms with Gasteiger partial charge < -0.3 is 15.0 Å². The summed E-state index contributed by atoms with van der Waals surface area (Å²) in [5.74, 6) is 0. The summed E-state index contributed by atoms with van der Waals surface area (Å²) in [7, 11) is 0. The Morgan fingerprint density at radius 3 is 2.91 bits per heavy atom. The maximum atomic E-state index is 12.2. The molecule has 6 nitrogen and oxygen atoms in total. The molecule has 2 aliphatic heterocycles. The van der Waals surface area contributed by atoms with E-state index in [1.54, 1.807) is 11.3 Å². The van der Waals surface area contributed by atoms with Crippen molar-refractivity contribution < 1.29 is 9.53 Å². The first-order chi connectivity index (χ1) is 10.7. The minimum atomic E-state index is 0.0182. The van der Waals surface area contributed by atoms with E-state index in [4.69, 9.17) is 4.74 Å². The van der Waals surface area contributed by atoms with Crippen LogP contribution in [0.1, 0.15) is 23.5 Å². The molecular weight excluding hydrogens is 300 g/mol. The fourth-order valence-electron chi connectivity index (χ4n) is 2.96. The quantitative estimate of drug-likeness (QED) is 0.911. The summed E-state index contributed by atoms with van der Waals surface area (Å²) in [6.45, 7) is 7.85. The second-order valence-electron chi connectivity index (χ2n) is 5.96. The summed E-state index contributed by atoms with van der Waals surface area (Å²) in [5, 5.41) is 5.93. The van der Waals surface area contributed by atoms with Gasteiger partial charge in [-0.3, -0.25) is 4.90 Å². The predicted molar refractivity (Wildman–Crippen MR) is 86.1 cm³/mol. The number of carbonyl (C=O) groups excluding carboxylic acids is 1. The standard InChI is InChI=1S/C15H24N4O2S/c1-12-11-22-14(17-12)9-16-15(20)19-6-4-18(5-7-19)10-13-3-2-8-21-13/h11,13H,2-10H2,1H3,(H,16,20)/t13-/m1/s1. The Hall–Kier alpha value is -1.18. The molecule has 2 fully saturated rings. The minimum absolute atomic E-state index is 0.0182. The van der Waals surface area contributed by atoms with Crippen LogP contribution in [-0.2, 0) is 11.3 Å². The number of hydrogen-bond acceptors (Lipinski definition) is 5. The number of thiazole rings is 1. The summed E-state index contributed by atoms with van der Waals surface area (Å²) in [6, 6.07) is 0.0182. The van der Waals surface area contributed by atoms with Crippen LogP contribution in [0.4, 0.5) is 4.79 Å². The molecule has 0 aromatic carbocycles. The van der Waals surface area contributed by atoms with E-state index < -0.39 is 0 Å². The van der Waals surface area contributed by atoms with Crippen LogP contribution in [0.25, 0.3) is 0 Å². The lowest BCUT2D eigenvalue weighted by atomic mass is 10.2. The number of nitrogens with zero attached hydrogens (tertiary/aromatic N) is 3. The maximum absolute atomic E-state index is 12.2. The highest BCUT2D eigenvalue weighted by Crippen LogP contribution is 2.14. The average Bonchev–Trinajstić information content (AvgIpc) is 3.17. The minimum Gasteiger partial charge on any atom is -0.377 e. The Labute approximate surface area is 135 Å². The number of urea groups is 1. The molecule has 122 valence electrons. The fourth-order valence-corrected chi connectivity index (χ4v) is 3.67. The average molecular weight is 324 g/mol. The number of amides is 2. The van der Waals surface area contributed by atoms with Crippen molar-refractivity contribution >= 4 is 17.4 Å². The van der Waals surface area contributed by atoms with E-state index >= 15 is 0 Å². The number of ether oxygens (including phenoxy) is 1. The van der Waals surface area contributed by atoms with E-state index in [-0.39, 0.29) is 6.03 Å². The summed E-state index contributed by atoms with van der Waals surface area (Å²) < 4.78 is 5.68. The van der Waals surface area contributed by atoms with Gasteiger partial charge in [0.05, 0.1) is 12.6 Å². The van der Waals surface area contributed by atoms with E-state index in [0.717, 1.165) is 50.0 Å². The molecule has 0 saturated carbocycles. The molecule has 3 rings (SSSR count). The third-order valence-corrected chi connectivity index (χ3v) is 5.17. The molecule has 1 aromatic rings. The van der Waals surface area contributed by atoms with Crippen LogP contribution >= 0.6 is 11.3 Å². The van der Waals surface area contributed by atoms with Crippen molar-refractivity contribution in [3.05, 3.63) is 16.1 Å². The van der Waals surface area contributed by atoms with E-state index in [0.29, 0.717) is 12.6 Å². The maximum Gasteiger partial charge on any atom is 0.317 e. The highest BCUT2D eigenvalue weighted by molar-refractivity contribution is 7.09. The van der Waals surface area contributed by atoms with E-state index in [2.05, 4.69) is 15.2 Å². The summed E-state index contributed by atoms with van der Waals surface area (Å²) in [6.07, 6.45) is 2.76. The SMILES string of the molecule is Cc1csc(CNC(=O)N2CCN(C[C@H]3CCCO3)CC2)n1. The Morgan fingerprint density at radius 1 is 1.45 bits per heavy atom. The summed E-state index contributed by atoms with van der Waals surface area (Å²) >= 11 is 1.59. The second-order valence-corrected chi connectivity index (χ2v) is 6.91. The van der Waals surface area contributed by atoms with Gasteiger partial charge in [0.1, 0.15) is 5.01 Å². The van der Waals surface area contributed by atoms with Gasteiger partial charge in [-0.15, -0.1) is 11.3 Å². The van der Waals surface area contributed by atoms with Crippen LogP contribution in [0.2, 0.25) is 0 Å².